The number of hydrogen-bond donors (Lipinski definition) is 1. The Balaban J connectivity index is 1.38. The normalized spacial score (nSPS) is 18.1. The number of rotatable bonds is 3. The number of carbonyl (C=O) groups excluding carboxylic acids is 1. The molecule has 3 aliphatic rings. The predicted molar refractivity (Wildman–Crippen MR) is 148 cm³/mol. The number of nitrogens with one attached hydrogen (secondary N) is 1. The van der Waals surface area contributed by atoms with Gasteiger partial charge in [0.2, 0.25) is 5.96 Å². The number of carbonyl (C=O) groups is 1. The molecule has 3 aliphatic heterocycles. The van der Waals surface area contributed by atoms with E-state index >= 15 is 0 Å². The topological polar surface area (TPSA) is 85.7 Å². The summed E-state index contributed by atoms with van der Waals surface area (Å²) in [5.74, 6) is 1.83. The molecule has 1 aromatic heterocycles. The molecule has 4 heterocycles. The Labute approximate surface area is 231 Å². The Morgan fingerprint density at radius 3 is 2.50 bits per heavy atom. The number of guanidine groups is 1. The standard InChI is InChI=1S/C28H34F3N7O2/c1-17-19(7-6-8-21(17)28(29,30)31)18(2)34-24-20-15-23(33-16-22(20)38-10-9-32-25(38)35-24)36-11-13-37(14-12-36)26(39)40-27(3,4)5/h6-8,15-16,18H,9-14H2,1-5H3,(H,32,34,35)/t18-/m1/s1. The SMILES string of the molecule is Cc1c([C@@H](C)NC2=NC3=NCCN3c3cnc(N4CCN(C(=O)OC(C)(C)C)CC4)cc32)cccc1C(F)(F)F. The molecule has 214 valence electrons. The highest BCUT2D eigenvalue weighted by Gasteiger charge is 2.35. The largest absolute Gasteiger partial charge is 0.444 e. The summed E-state index contributed by atoms with van der Waals surface area (Å²) in [5, 5.41) is 3.36. The van der Waals surface area contributed by atoms with Crippen molar-refractivity contribution >= 4 is 29.4 Å². The molecule has 0 bridgehead atoms. The van der Waals surface area contributed by atoms with Crippen molar-refractivity contribution < 1.29 is 22.7 Å². The van der Waals surface area contributed by atoms with Crippen molar-refractivity contribution in [2.75, 3.05) is 49.1 Å². The third-order valence-corrected chi connectivity index (χ3v) is 7.20. The first-order valence-corrected chi connectivity index (χ1v) is 13.4. The number of ether oxygens (including phenoxy) is 1. The van der Waals surface area contributed by atoms with Crippen LogP contribution in [-0.4, -0.2) is 72.6 Å². The number of hydrogen-bond acceptors (Lipinski definition) is 8. The molecule has 0 spiro atoms. The summed E-state index contributed by atoms with van der Waals surface area (Å²) in [7, 11) is 0. The number of fused-ring (bicyclic) bond motifs is 3. The Morgan fingerprint density at radius 2 is 1.82 bits per heavy atom. The predicted octanol–water partition coefficient (Wildman–Crippen LogP) is 4.75. The second-order valence-corrected chi connectivity index (χ2v) is 11.2. The maximum atomic E-state index is 13.6. The van der Waals surface area contributed by atoms with Gasteiger partial charge in [0.25, 0.3) is 0 Å². The van der Waals surface area contributed by atoms with Crippen molar-refractivity contribution in [1.82, 2.24) is 15.2 Å². The van der Waals surface area contributed by atoms with E-state index in [1.807, 2.05) is 38.7 Å². The molecule has 1 atom stereocenters. The Bertz CT molecular complexity index is 1360. The first-order chi connectivity index (χ1) is 18.8. The van der Waals surface area contributed by atoms with Crippen LogP contribution < -0.4 is 15.1 Å². The van der Waals surface area contributed by atoms with Crippen LogP contribution >= 0.6 is 0 Å². The Morgan fingerprint density at radius 1 is 1.10 bits per heavy atom. The van der Waals surface area contributed by atoms with Crippen LogP contribution in [0, 0.1) is 6.92 Å². The maximum absolute atomic E-state index is 13.6. The molecular weight excluding hydrogens is 523 g/mol. The van der Waals surface area contributed by atoms with Gasteiger partial charge in [0.1, 0.15) is 17.3 Å². The van der Waals surface area contributed by atoms with E-state index in [1.54, 1.807) is 17.2 Å². The van der Waals surface area contributed by atoms with Crippen LogP contribution in [0.15, 0.2) is 40.4 Å². The zero-order chi connectivity index (χ0) is 28.8. The lowest BCUT2D eigenvalue weighted by Crippen LogP contribution is -2.50. The number of benzene rings is 1. The summed E-state index contributed by atoms with van der Waals surface area (Å²) in [6, 6.07) is 5.74. The molecule has 0 radical (unpaired) electrons. The summed E-state index contributed by atoms with van der Waals surface area (Å²) in [5.41, 5.74) is 1.17. The number of amidine groups is 1. The maximum Gasteiger partial charge on any atom is 0.416 e. The second kappa shape index (κ2) is 10.3. The smallest absolute Gasteiger partial charge is 0.416 e. The molecule has 1 aromatic carbocycles. The van der Waals surface area contributed by atoms with Crippen LogP contribution in [-0.2, 0) is 10.9 Å². The fourth-order valence-corrected chi connectivity index (χ4v) is 5.20. The molecule has 1 fully saturated rings. The number of aromatic nitrogens is 1. The molecule has 1 saturated heterocycles. The lowest BCUT2D eigenvalue weighted by molar-refractivity contribution is -0.138. The summed E-state index contributed by atoms with van der Waals surface area (Å²) in [6.07, 6.45) is -2.96. The molecule has 0 unspecified atom stereocenters. The van der Waals surface area contributed by atoms with Gasteiger partial charge in [0, 0.05) is 38.3 Å². The van der Waals surface area contributed by atoms with E-state index in [2.05, 4.69) is 15.2 Å². The van der Waals surface area contributed by atoms with E-state index < -0.39 is 23.4 Å². The number of alkyl halides is 3. The minimum absolute atomic E-state index is 0.185. The first kappa shape index (κ1) is 27.7. The molecule has 5 rings (SSSR count). The quantitative estimate of drug-likeness (QED) is 0.586. The number of piperazine rings is 1. The van der Waals surface area contributed by atoms with Crippen molar-refractivity contribution in [2.24, 2.45) is 9.98 Å². The number of anilines is 2. The zero-order valence-electron chi connectivity index (χ0n) is 23.3. The van der Waals surface area contributed by atoms with Gasteiger partial charge in [-0.25, -0.2) is 14.8 Å². The Kier molecular flexibility index (Phi) is 7.13. The van der Waals surface area contributed by atoms with E-state index in [9.17, 15) is 18.0 Å². The van der Waals surface area contributed by atoms with Gasteiger partial charge >= 0.3 is 12.3 Å². The highest BCUT2D eigenvalue weighted by atomic mass is 19.4. The van der Waals surface area contributed by atoms with Crippen LogP contribution in [0.5, 0.6) is 0 Å². The number of pyridine rings is 1. The third kappa shape index (κ3) is 5.57. The van der Waals surface area contributed by atoms with Crippen molar-refractivity contribution in [1.29, 1.82) is 0 Å². The van der Waals surface area contributed by atoms with Crippen LogP contribution in [0.4, 0.5) is 29.5 Å². The van der Waals surface area contributed by atoms with Crippen LogP contribution in [0.2, 0.25) is 0 Å². The average Bonchev–Trinajstić information content (AvgIpc) is 3.36. The molecule has 2 aromatic rings. The zero-order valence-corrected chi connectivity index (χ0v) is 23.3. The molecule has 1 N–H and O–H groups in total. The number of amides is 1. The van der Waals surface area contributed by atoms with Gasteiger partial charge in [0.15, 0.2) is 0 Å². The van der Waals surface area contributed by atoms with Gasteiger partial charge < -0.3 is 24.8 Å². The highest BCUT2D eigenvalue weighted by molar-refractivity contribution is 6.18. The number of nitrogens with zero attached hydrogens (tertiary/aromatic N) is 6. The van der Waals surface area contributed by atoms with E-state index in [-0.39, 0.29) is 11.7 Å². The average molecular weight is 558 g/mol. The van der Waals surface area contributed by atoms with Crippen LogP contribution in [0.25, 0.3) is 0 Å². The van der Waals surface area contributed by atoms with Gasteiger partial charge in [-0.3, -0.25) is 0 Å². The van der Waals surface area contributed by atoms with E-state index in [0.717, 1.165) is 23.1 Å². The highest BCUT2D eigenvalue weighted by Crippen LogP contribution is 2.35. The minimum atomic E-state index is -4.43. The molecule has 0 aliphatic carbocycles. The number of halogens is 3. The van der Waals surface area contributed by atoms with Gasteiger partial charge in [0.05, 0.1) is 30.0 Å². The van der Waals surface area contributed by atoms with Crippen molar-refractivity contribution in [2.45, 2.75) is 52.4 Å². The van der Waals surface area contributed by atoms with Gasteiger partial charge in [-0.15, -0.1) is 0 Å². The first-order valence-electron chi connectivity index (χ1n) is 13.4. The number of aliphatic imine (C=N–C) groups is 2. The van der Waals surface area contributed by atoms with Gasteiger partial charge in [-0.2, -0.15) is 18.2 Å². The summed E-state index contributed by atoms with van der Waals surface area (Å²) >= 11 is 0. The van der Waals surface area contributed by atoms with Crippen LogP contribution in [0.1, 0.15) is 56.0 Å². The van der Waals surface area contributed by atoms with Crippen LogP contribution in [0.3, 0.4) is 0 Å². The van der Waals surface area contributed by atoms with Crippen molar-refractivity contribution in [3.63, 3.8) is 0 Å². The minimum Gasteiger partial charge on any atom is -0.444 e. The lowest BCUT2D eigenvalue weighted by Gasteiger charge is -2.37. The second-order valence-electron chi connectivity index (χ2n) is 11.2. The summed E-state index contributed by atoms with van der Waals surface area (Å²) in [6.45, 7) is 12.3. The fourth-order valence-electron chi connectivity index (χ4n) is 5.20. The fraction of sp³-hybridized carbons (Fsp3) is 0.500. The van der Waals surface area contributed by atoms with Gasteiger partial charge in [-0.1, -0.05) is 12.1 Å². The third-order valence-electron chi connectivity index (χ3n) is 7.20. The molecule has 12 heteroatoms. The summed E-state index contributed by atoms with van der Waals surface area (Å²) < 4.78 is 46.2. The van der Waals surface area contributed by atoms with Gasteiger partial charge in [-0.05, 0) is 57.9 Å². The summed E-state index contributed by atoms with van der Waals surface area (Å²) in [4.78, 5) is 32.2. The molecule has 40 heavy (non-hydrogen) atoms. The van der Waals surface area contributed by atoms with E-state index in [1.165, 1.54) is 13.0 Å². The van der Waals surface area contributed by atoms with Crippen molar-refractivity contribution in [3.05, 3.63) is 52.7 Å². The Hall–Kier alpha value is -3.83. The molecule has 1 amide bonds. The van der Waals surface area contributed by atoms with E-state index in [0.29, 0.717) is 56.6 Å². The monoisotopic (exact) mass is 557 g/mol. The molecule has 9 nitrogen and oxygen atoms in total. The molecular formula is C28H34F3N7O2. The van der Waals surface area contributed by atoms with E-state index in [4.69, 9.17) is 14.7 Å². The molecule has 0 saturated carbocycles. The lowest BCUT2D eigenvalue weighted by atomic mass is 9.97. The van der Waals surface area contributed by atoms with Crippen molar-refractivity contribution in [3.8, 4) is 0 Å².